The van der Waals surface area contributed by atoms with Crippen LogP contribution in [0.4, 0.5) is 8.78 Å². The van der Waals surface area contributed by atoms with E-state index >= 15 is 0 Å². The number of hydrogen-bond acceptors (Lipinski definition) is 3. The standard InChI is InChI=1S/C15H9F2NO2/c1-9-2-3-10(7-18)6-14(9)20-15-12(16)4-11(8-19)5-13(15)17/h2-6,8H,1H3. The summed E-state index contributed by atoms with van der Waals surface area (Å²) in [5.41, 5.74) is 0.827. The summed E-state index contributed by atoms with van der Waals surface area (Å²) >= 11 is 0. The van der Waals surface area contributed by atoms with E-state index in [4.69, 9.17) is 10.00 Å². The minimum atomic E-state index is -0.978. The number of aryl methyl sites for hydroxylation is 1. The van der Waals surface area contributed by atoms with Gasteiger partial charge in [0.2, 0.25) is 0 Å². The van der Waals surface area contributed by atoms with Crippen molar-refractivity contribution >= 4 is 6.29 Å². The van der Waals surface area contributed by atoms with Crippen LogP contribution in [0.5, 0.6) is 11.5 Å². The molecule has 0 heterocycles. The van der Waals surface area contributed by atoms with Gasteiger partial charge in [0, 0.05) is 5.56 Å². The number of carbonyl (C=O) groups excluding carboxylic acids is 1. The lowest BCUT2D eigenvalue weighted by Gasteiger charge is -2.11. The molecule has 0 aliphatic carbocycles. The molecule has 5 heteroatoms. The second kappa shape index (κ2) is 5.49. The van der Waals surface area contributed by atoms with Crippen LogP contribution in [0, 0.1) is 29.9 Å². The van der Waals surface area contributed by atoms with Gasteiger partial charge in [0.15, 0.2) is 17.4 Å². The maximum absolute atomic E-state index is 13.7. The molecule has 2 aromatic carbocycles. The van der Waals surface area contributed by atoms with E-state index in [0.717, 1.165) is 12.1 Å². The molecular formula is C15H9F2NO2. The number of nitriles is 1. The number of rotatable bonds is 3. The molecule has 2 aromatic rings. The summed E-state index contributed by atoms with van der Waals surface area (Å²) < 4.78 is 32.6. The summed E-state index contributed by atoms with van der Waals surface area (Å²) in [5.74, 6) is -2.38. The average molecular weight is 273 g/mol. The second-order valence-corrected chi connectivity index (χ2v) is 4.13. The highest BCUT2D eigenvalue weighted by atomic mass is 19.1. The van der Waals surface area contributed by atoms with Crippen LogP contribution in [0.1, 0.15) is 21.5 Å². The van der Waals surface area contributed by atoms with E-state index in [0.29, 0.717) is 17.4 Å². The smallest absolute Gasteiger partial charge is 0.198 e. The summed E-state index contributed by atoms with van der Waals surface area (Å²) in [6.45, 7) is 1.69. The Morgan fingerprint density at radius 2 is 1.85 bits per heavy atom. The van der Waals surface area contributed by atoms with Crippen molar-refractivity contribution in [3.05, 3.63) is 58.7 Å². The highest BCUT2D eigenvalue weighted by Gasteiger charge is 2.15. The maximum Gasteiger partial charge on any atom is 0.198 e. The van der Waals surface area contributed by atoms with Gasteiger partial charge in [-0.15, -0.1) is 0 Å². The van der Waals surface area contributed by atoms with Gasteiger partial charge >= 0.3 is 0 Å². The van der Waals surface area contributed by atoms with Crippen molar-refractivity contribution < 1.29 is 18.3 Å². The number of ether oxygens (including phenoxy) is 1. The van der Waals surface area contributed by atoms with E-state index in [1.807, 2.05) is 6.07 Å². The summed E-state index contributed by atoms with van der Waals surface area (Å²) in [5, 5.41) is 8.80. The molecule has 0 bridgehead atoms. The van der Waals surface area contributed by atoms with Gasteiger partial charge in [0.25, 0.3) is 0 Å². The summed E-state index contributed by atoms with van der Waals surface area (Å²) in [4.78, 5) is 10.5. The largest absolute Gasteiger partial charge is 0.451 e. The van der Waals surface area contributed by atoms with E-state index in [9.17, 15) is 13.6 Å². The zero-order chi connectivity index (χ0) is 14.7. The van der Waals surface area contributed by atoms with Gasteiger partial charge in [-0.3, -0.25) is 4.79 Å². The van der Waals surface area contributed by atoms with Crippen LogP contribution < -0.4 is 4.74 Å². The second-order valence-electron chi connectivity index (χ2n) is 4.13. The van der Waals surface area contributed by atoms with Crippen molar-refractivity contribution in [1.29, 1.82) is 5.26 Å². The third-order valence-electron chi connectivity index (χ3n) is 2.69. The Labute approximate surface area is 114 Å². The molecule has 0 amide bonds. The highest BCUT2D eigenvalue weighted by molar-refractivity contribution is 5.75. The predicted octanol–water partition coefficient (Wildman–Crippen LogP) is 3.75. The lowest BCUT2D eigenvalue weighted by Crippen LogP contribution is -1.97. The lowest BCUT2D eigenvalue weighted by molar-refractivity contribution is 0.112. The minimum Gasteiger partial charge on any atom is -0.451 e. The summed E-state index contributed by atoms with van der Waals surface area (Å²) in [6, 6.07) is 8.26. The van der Waals surface area contributed by atoms with Gasteiger partial charge in [-0.2, -0.15) is 5.26 Å². The molecule has 0 atom stereocenters. The van der Waals surface area contributed by atoms with E-state index in [1.54, 1.807) is 19.1 Å². The van der Waals surface area contributed by atoms with Crippen molar-refractivity contribution in [1.82, 2.24) is 0 Å². The van der Waals surface area contributed by atoms with Crippen molar-refractivity contribution in [2.24, 2.45) is 0 Å². The normalized spacial score (nSPS) is 9.90. The Balaban J connectivity index is 2.45. The Bertz CT molecular complexity index is 697. The number of nitrogens with zero attached hydrogens (tertiary/aromatic N) is 1. The highest BCUT2D eigenvalue weighted by Crippen LogP contribution is 2.30. The number of halogens is 2. The molecule has 100 valence electrons. The summed E-state index contributed by atoms with van der Waals surface area (Å²) in [6.07, 6.45) is 0.345. The fraction of sp³-hybridized carbons (Fsp3) is 0.0667. The first-order valence-corrected chi connectivity index (χ1v) is 5.68. The van der Waals surface area contributed by atoms with E-state index < -0.39 is 17.4 Å². The molecular weight excluding hydrogens is 264 g/mol. The SMILES string of the molecule is Cc1ccc(C#N)cc1Oc1c(F)cc(C=O)cc1F. The van der Waals surface area contributed by atoms with Crippen LogP contribution in [0.25, 0.3) is 0 Å². The van der Waals surface area contributed by atoms with Gasteiger partial charge in [0.1, 0.15) is 12.0 Å². The molecule has 3 nitrogen and oxygen atoms in total. The minimum absolute atomic E-state index is 0.116. The van der Waals surface area contributed by atoms with Gasteiger partial charge in [0.05, 0.1) is 11.6 Å². The molecule has 0 aliphatic heterocycles. The first-order chi connectivity index (χ1) is 9.55. The molecule has 0 N–H and O–H groups in total. The van der Waals surface area contributed by atoms with Crippen molar-refractivity contribution in [3.63, 3.8) is 0 Å². The number of benzene rings is 2. The van der Waals surface area contributed by atoms with Crippen molar-refractivity contribution in [3.8, 4) is 17.6 Å². The first-order valence-electron chi connectivity index (χ1n) is 5.68. The van der Waals surface area contributed by atoms with Gasteiger partial charge in [-0.05, 0) is 36.8 Å². The molecule has 0 fully saturated rings. The molecule has 0 aliphatic rings. The number of carbonyl (C=O) groups is 1. The van der Waals surface area contributed by atoms with Gasteiger partial charge < -0.3 is 4.74 Å². The van der Waals surface area contributed by atoms with Crippen LogP contribution in [0.3, 0.4) is 0 Å². The van der Waals surface area contributed by atoms with Crippen LogP contribution in [0.2, 0.25) is 0 Å². The third-order valence-corrected chi connectivity index (χ3v) is 2.69. The topological polar surface area (TPSA) is 50.1 Å². The Hall–Kier alpha value is -2.74. The van der Waals surface area contributed by atoms with E-state index in [2.05, 4.69) is 0 Å². The van der Waals surface area contributed by atoms with E-state index in [1.165, 1.54) is 6.07 Å². The zero-order valence-corrected chi connectivity index (χ0v) is 10.5. The van der Waals surface area contributed by atoms with Gasteiger partial charge in [-0.1, -0.05) is 6.07 Å². The average Bonchev–Trinajstić information content (AvgIpc) is 2.44. The molecule has 0 radical (unpaired) electrons. The van der Waals surface area contributed by atoms with Crippen LogP contribution in [-0.2, 0) is 0 Å². The molecule has 0 aromatic heterocycles. The van der Waals surface area contributed by atoms with Gasteiger partial charge in [-0.25, -0.2) is 8.78 Å². The Kier molecular flexibility index (Phi) is 3.76. The first kappa shape index (κ1) is 13.7. The molecule has 0 unspecified atom stereocenters. The van der Waals surface area contributed by atoms with Crippen molar-refractivity contribution in [2.45, 2.75) is 6.92 Å². The van der Waals surface area contributed by atoms with Crippen LogP contribution >= 0.6 is 0 Å². The Morgan fingerprint density at radius 3 is 2.40 bits per heavy atom. The predicted molar refractivity (Wildman–Crippen MR) is 67.7 cm³/mol. The third kappa shape index (κ3) is 2.64. The molecule has 0 saturated carbocycles. The summed E-state index contributed by atoms with van der Waals surface area (Å²) in [7, 11) is 0. The monoisotopic (exact) mass is 273 g/mol. The fourth-order valence-electron chi connectivity index (χ4n) is 1.63. The van der Waals surface area contributed by atoms with E-state index in [-0.39, 0.29) is 11.3 Å². The molecule has 0 spiro atoms. The van der Waals surface area contributed by atoms with Crippen LogP contribution in [-0.4, -0.2) is 6.29 Å². The van der Waals surface area contributed by atoms with Crippen molar-refractivity contribution in [2.75, 3.05) is 0 Å². The fourth-order valence-corrected chi connectivity index (χ4v) is 1.63. The molecule has 0 saturated heterocycles. The lowest BCUT2D eigenvalue weighted by atomic mass is 10.1. The van der Waals surface area contributed by atoms with Crippen LogP contribution in [0.15, 0.2) is 30.3 Å². The maximum atomic E-state index is 13.7. The number of hydrogen-bond donors (Lipinski definition) is 0. The number of aldehydes is 1. The zero-order valence-electron chi connectivity index (χ0n) is 10.5. The molecule has 2 rings (SSSR count). The Morgan fingerprint density at radius 1 is 1.20 bits per heavy atom. The molecule has 20 heavy (non-hydrogen) atoms. The quantitative estimate of drug-likeness (QED) is 0.800.